The predicted octanol–water partition coefficient (Wildman–Crippen LogP) is 2.10. The number of aliphatic carboxylic acids is 1. The fourth-order valence-corrected chi connectivity index (χ4v) is 3.78. The van der Waals surface area contributed by atoms with Gasteiger partial charge in [0, 0.05) is 4.47 Å². The van der Waals surface area contributed by atoms with E-state index in [0.717, 1.165) is 0 Å². The number of carboxylic acids is 1. The summed E-state index contributed by atoms with van der Waals surface area (Å²) in [6.07, 6.45) is 0.503. The normalized spacial score (nSPS) is 14.2. The average Bonchev–Trinajstić information content (AvgIpc) is 2.43. The maximum absolute atomic E-state index is 12.4. The van der Waals surface area contributed by atoms with E-state index < -0.39 is 22.0 Å². The second kappa shape index (κ2) is 7.02. The molecule has 6 nitrogen and oxygen atoms in total. The summed E-state index contributed by atoms with van der Waals surface area (Å²) in [6, 6.07) is 4.84. The first kappa shape index (κ1) is 17.6. The Labute approximate surface area is 132 Å². The predicted molar refractivity (Wildman–Crippen MR) is 80.1 cm³/mol. The third-order valence-electron chi connectivity index (χ3n) is 3.14. The van der Waals surface area contributed by atoms with E-state index in [0.29, 0.717) is 10.9 Å². The summed E-state index contributed by atoms with van der Waals surface area (Å²) in [4.78, 5) is 11.0. The number of hydrogen-bond acceptors (Lipinski definition) is 4. The molecule has 1 aromatic rings. The van der Waals surface area contributed by atoms with E-state index in [1.54, 1.807) is 26.0 Å². The Morgan fingerprint density at radius 2 is 2.14 bits per heavy atom. The molecule has 0 aliphatic carbocycles. The number of benzene rings is 1. The highest BCUT2D eigenvalue weighted by atomic mass is 79.9. The van der Waals surface area contributed by atoms with Crippen LogP contribution in [0.3, 0.4) is 0 Å². The zero-order valence-electron chi connectivity index (χ0n) is 11.5. The lowest BCUT2D eigenvalue weighted by Gasteiger charge is -2.20. The summed E-state index contributed by atoms with van der Waals surface area (Å²) in [5.41, 5.74) is -0.0571. The van der Waals surface area contributed by atoms with Crippen LogP contribution in [0.2, 0.25) is 0 Å². The Balaban J connectivity index is 3.27. The molecular weight excluding hydrogens is 360 g/mol. The molecule has 1 aromatic carbocycles. The van der Waals surface area contributed by atoms with Crippen molar-refractivity contribution in [1.82, 2.24) is 4.72 Å². The van der Waals surface area contributed by atoms with Gasteiger partial charge < -0.3 is 5.11 Å². The average molecular weight is 375 g/mol. The highest BCUT2D eigenvalue weighted by molar-refractivity contribution is 9.10. The van der Waals surface area contributed by atoms with Crippen molar-refractivity contribution in [3.8, 4) is 6.07 Å². The number of carbonyl (C=O) groups is 1. The maximum atomic E-state index is 12.4. The number of rotatable bonds is 6. The smallest absolute Gasteiger partial charge is 0.322 e. The Morgan fingerprint density at radius 1 is 1.52 bits per heavy atom. The number of carboxylic acid groups (broad SMARTS) is 1. The van der Waals surface area contributed by atoms with Crippen LogP contribution in [0.25, 0.3) is 0 Å². The number of nitriles is 1. The van der Waals surface area contributed by atoms with Gasteiger partial charge in [-0.3, -0.25) is 4.79 Å². The number of nitrogens with one attached hydrogen (secondary N) is 1. The van der Waals surface area contributed by atoms with Crippen LogP contribution < -0.4 is 4.72 Å². The van der Waals surface area contributed by atoms with E-state index in [-0.39, 0.29) is 16.4 Å². The van der Waals surface area contributed by atoms with E-state index in [9.17, 15) is 13.2 Å². The Hall–Kier alpha value is -1.43. The Kier molecular flexibility index (Phi) is 5.89. The van der Waals surface area contributed by atoms with Crippen molar-refractivity contribution in [3.05, 3.63) is 28.2 Å². The fraction of sp³-hybridized carbons (Fsp3) is 0.385. The van der Waals surface area contributed by atoms with Crippen molar-refractivity contribution >= 4 is 31.9 Å². The molecule has 1 rings (SSSR count). The van der Waals surface area contributed by atoms with Gasteiger partial charge in [-0.15, -0.1) is 0 Å². The van der Waals surface area contributed by atoms with E-state index in [2.05, 4.69) is 20.7 Å². The topological polar surface area (TPSA) is 107 Å². The summed E-state index contributed by atoms with van der Waals surface area (Å²) < 4.78 is 27.2. The first-order chi connectivity index (χ1) is 9.74. The minimum atomic E-state index is -4.11. The first-order valence-electron chi connectivity index (χ1n) is 6.18. The van der Waals surface area contributed by atoms with Crippen LogP contribution in [0.5, 0.6) is 0 Å². The highest BCUT2D eigenvalue weighted by Crippen LogP contribution is 2.24. The Bertz CT molecular complexity index is 682. The van der Waals surface area contributed by atoms with Crippen molar-refractivity contribution in [1.29, 1.82) is 5.26 Å². The number of halogens is 1. The van der Waals surface area contributed by atoms with Gasteiger partial charge in [0.25, 0.3) is 0 Å². The van der Waals surface area contributed by atoms with E-state index in [1.807, 2.05) is 0 Å². The summed E-state index contributed by atoms with van der Waals surface area (Å²) in [5.74, 6) is -1.63. The molecule has 2 N–H and O–H groups in total. The van der Waals surface area contributed by atoms with Crippen molar-refractivity contribution in [2.75, 3.05) is 0 Å². The molecule has 21 heavy (non-hydrogen) atoms. The van der Waals surface area contributed by atoms with Gasteiger partial charge in [-0.2, -0.15) is 9.98 Å². The molecule has 0 saturated carbocycles. The van der Waals surface area contributed by atoms with E-state index >= 15 is 0 Å². The molecule has 0 aliphatic rings. The van der Waals surface area contributed by atoms with Crippen LogP contribution in [0.4, 0.5) is 0 Å². The number of hydrogen-bond donors (Lipinski definition) is 2. The van der Waals surface area contributed by atoms with Crippen molar-refractivity contribution in [2.24, 2.45) is 5.92 Å². The summed E-state index contributed by atoms with van der Waals surface area (Å²) in [5, 5.41) is 18.2. The quantitative estimate of drug-likeness (QED) is 0.792. The number of nitrogens with zero attached hydrogens (tertiary/aromatic N) is 1. The molecule has 0 bridgehead atoms. The van der Waals surface area contributed by atoms with Crippen LogP contribution in [0.1, 0.15) is 25.8 Å². The molecule has 0 aliphatic heterocycles. The van der Waals surface area contributed by atoms with Gasteiger partial charge in [0.05, 0.1) is 5.56 Å². The second-order valence-corrected chi connectivity index (χ2v) is 7.08. The zero-order chi connectivity index (χ0) is 16.2. The number of sulfonamides is 1. The van der Waals surface area contributed by atoms with Crippen molar-refractivity contribution in [2.45, 2.75) is 31.2 Å². The lowest BCUT2D eigenvalue weighted by atomic mass is 10.0. The van der Waals surface area contributed by atoms with Gasteiger partial charge in [0.2, 0.25) is 10.0 Å². The SMILES string of the molecule is CC[C@H](C)[C@H](NS(=O)(=O)c1cccc(Br)c1C#N)C(=O)O. The van der Waals surface area contributed by atoms with Crippen LogP contribution in [-0.2, 0) is 14.8 Å². The largest absolute Gasteiger partial charge is 0.480 e. The van der Waals surface area contributed by atoms with Crippen LogP contribution in [0, 0.1) is 17.2 Å². The minimum Gasteiger partial charge on any atom is -0.480 e. The van der Waals surface area contributed by atoms with Crippen LogP contribution in [-0.4, -0.2) is 25.5 Å². The lowest BCUT2D eigenvalue weighted by Crippen LogP contribution is -2.45. The summed E-state index contributed by atoms with van der Waals surface area (Å²) in [7, 11) is -4.11. The van der Waals surface area contributed by atoms with Gasteiger partial charge >= 0.3 is 5.97 Å². The molecule has 0 unspecified atom stereocenters. The Morgan fingerprint density at radius 3 is 2.62 bits per heavy atom. The maximum Gasteiger partial charge on any atom is 0.322 e. The van der Waals surface area contributed by atoms with E-state index in [1.165, 1.54) is 12.1 Å². The molecule has 0 heterocycles. The molecule has 0 amide bonds. The van der Waals surface area contributed by atoms with Gasteiger partial charge in [-0.1, -0.05) is 26.3 Å². The first-order valence-corrected chi connectivity index (χ1v) is 8.46. The monoisotopic (exact) mass is 374 g/mol. The third-order valence-corrected chi connectivity index (χ3v) is 5.28. The van der Waals surface area contributed by atoms with Gasteiger partial charge in [0.1, 0.15) is 17.0 Å². The third kappa shape index (κ3) is 4.03. The van der Waals surface area contributed by atoms with Gasteiger partial charge in [0.15, 0.2) is 0 Å². The van der Waals surface area contributed by atoms with Crippen LogP contribution in [0.15, 0.2) is 27.6 Å². The molecule has 0 saturated heterocycles. The summed E-state index contributed by atoms with van der Waals surface area (Å²) >= 11 is 3.11. The van der Waals surface area contributed by atoms with Crippen molar-refractivity contribution < 1.29 is 18.3 Å². The standard InChI is InChI=1S/C13H15BrN2O4S/c1-3-8(2)12(13(17)18)16-21(19,20)11-6-4-5-10(14)9(11)7-15/h4-6,8,12,16H,3H2,1-2H3,(H,17,18)/t8-,12-/m0/s1. The molecule has 0 aromatic heterocycles. The van der Waals surface area contributed by atoms with Gasteiger partial charge in [-0.25, -0.2) is 8.42 Å². The van der Waals surface area contributed by atoms with Gasteiger partial charge in [-0.05, 0) is 34.0 Å². The molecule has 0 spiro atoms. The molecular formula is C13H15BrN2O4S. The molecule has 8 heteroatoms. The molecule has 0 radical (unpaired) electrons. The summed E-state index contributed by atoms with van der Waals surface area (Å²) in [6.45, 7) is 3.42. The van der Waals surface area contributed by atoms with E-state index in [4.69, 9.17) is 10.4 Å². The minimum absolute atomic E-state index is 0.0571. The molecule has 114 valence electrons. The fourth-order valence-electron chi connectivity index (χ4n) is 1.71. The highest BCUT2D eigenvalue weighted by Gasteiger charge is 2.30. The molecule has 0 fully saturated rings. The lowest BCUT2D eigenvalue weighted by molar-refractivity contribution is -0.140. The zero-order valence-corrected chi connectivity index (χ0v) is 13.9. The second-order valence-electron chi connectivity index (χ2n) is 4.55. The van der Waals surface area contributed by atoms with Crippen molar-refractivity contribution in [3.63, 3.8) is 0 Å². The van der Waals surface area contributed by atoms with Crippen LogP contribution >= 0.6 is 15.9 Å². The molecule has 2 atom stereocenters.